The third kappa shape index (κ3) is 2.44. The summed E-state index contributed by atoms with van der Waals surface area (Å²) in [6, 6.07) is 7.95. The van der Waals surface area contributed by atoms with Crippen molar-refractivity contribution in [2.75, 3.05) is 13.7 Å². The number of nitrogens with one attached hydrogen (secondary N) is 1. The molecule has 0 bridgehead atoms. The van der Waals surface area contributed by atoms with Crippen LogP contribution in [0.15, 0.2) is 30.5 Å². The summed E-state index contributed by atoms with van der Waals surface area (Å²) in [4.78, 5) is 33.0. The molecule has 1 atom stereocenters. The molecule has 1 amide bonds. The molecule has 0 spiro atoms. The number of amides is 1. The van der Waals surface area contributed by atoms with Gasteiger partial charge in [-0.15, -0.1) is 0 Å². The van der Waals surface area contributed by atoms with E-state index in [0.29, 0.717) is 24.3 Å². The predicted octanol–water partition coefficient (Wildman–Crippen LogP) is 1.67. The Morgan fingerprint density at radius 2 is 2.21 bits per heavy atom. The van der Waals surface area contributed by atoms with Crippen LogP contribution in [-0.4, -0.2) is 35.8 Å². The minimum atomic E-state index is -0.951. The Labute approximate surface area is 140 Å². The minimum absolute atomic E-state index is 0.172. The van der Waals surface area contributed by atoms with Crippen LogP contribution < -0.4 is 10.1 Å². The van der Waals surface area contributed by atoms with Crippen LogP contribution in [0.25, 0.3) is 0 Å². The first-order valence-electron chi connectivity index (χ1n) is 7.93. The van der Waals surface area contributed by atoms with Crippen molar-refractivity contribution in [3.05, 3.63) is 52.8 Å². The molecule has 6 nitrogen and oxygen atoms in total. The fourth-order valence-corrected chi connectivity index (χ4v) is 3.27. The second-order valence-corrected chi connectivity index (χ2v) is 5.67. The molecule has 1 N–H and O–H groups in total. The molecule has 1 aromatic heterocycles. The monoisotopic (exact) mass is 325 g/mol. The second-order valence-electron chi connectivity index (χ2n) is 5.67. The van der Waals surface area contributed by atoms with Crippen molar-refractivity contribution in [3.8, 4) is 6.01 Å². The number of aryl methyl sites for hydroxylation is 1. The Kier molecular flexibility index (Phi) is 4.29. The molecule has 0 aliphatic heterocycles. The van der Waals surface area contributed by atoms with Crippen LogP contribution in [0.2, 0.25) is 0 Å². The lowest BCUT2D eigenvalue weighted by Crippen LogP contribution is -2.33. The normalized spacial score (nSPS) is 18.8. The molecule has 0 radical (unpaired) electrons. The van der Waals surface area contributed by atoms with Gasteiger partial charge in [0.1, 0.15) is 6.29 Å². The number of rotatable bonds is 5. The van der Waals surface area contributed by atoms with E-state index in [1.165, 1.54) is 6.20 Å². The first-order chi connectivity index (χ1) is 11.7. The number of ether oxygens (including phenoxy) is 1. The summed E-state index contributed by atoms with van der Waals surface area (Å²) in [5, 5.41) is 2.59. The van der Waals surface area contributed by atoms with E-state index in [4.69, 9.17) is 4.74 Å². The van der Waals surface area contributed by atoms with Crippen molar-refractivity contribution >= 4 is 12.2 Å². The highest BCUT2D eigenvalue weighted by Gasteiger charge is 2.44. The summed E-state index contributed by atoms with van der Waals surface area (Å²) < 4.78 is 5.38. The van der Waals surface area contributed by atoms with Gasteiger partial charge < -0.3 is 14.8 Å². The van der Waals surface area contributed by atoms with E-state index in [-0.39, 0.29) is 11.9 Å². The van der Waals surface area contributed by atoms with Gasteiger partial charge in [-0.25, -0.2) is 4.98 Å². The summed E-state index contributed by atoms with van der Waals surface area (Å²) in [7, 11) is 1.54. The third-order valence-corrected chi connectivity index (χ3v) is 4.42. The molecule has 24 heavy (non-hydrogen) atoms. The molecule has 3 rings (SSSR count). The molecule has 1 unspecified atom stereocenters. The maximum absolute atomic E-state index is 12.3. The van der Waals surface area contributed by atoms with Crippen LogP contribution in [0.1, 0.15) is 40.5 Å². The number of carbonyl (C=O) groups excluding carboxylic acids is 2. The van der Waals surface area contributed by atoms with Crippen LogP contribution in [0.4, 0.5) is 0 Å². The lowest BCUT2D eigenvalue weighted by Gasteiger charge is -2.25. The molecule has 0 fully saturated rings. The van der Waals surface area contributed by atoms with Crippen LogP contribution in [0.5, 0.6) is 6.01 Å². The summed E-state index contributed by atoms with van der Waals surface area (Å²) in [6.07, 6.45) is 3.65. The fraction of sp³-hybridized carbons (Fsp3) is 0.333. The molecule has 1 aliphatic rings. The van der Waals surface area contributed by atoms with E-state index >= 15 is 0 Å². The molecule has 124 valence electrons. The van der Waals surface area contributed by atoms with Crippen LogP contribution >= 0.6 is 0 Å². The number of nitrogens with zero attached hydrogens (tertiary/aromatic N) is 2. The molecule has 0 saturated carbocycles. The Balaban J connectivity index is 2.24. The van der Waals surface area contributed by atoms with Gasteiger partial charge in [-0.3, -0.25) is 4.79 Å². The van der Waals surface area contributed by atoms with Gasteiger partial charge in [0.2, 0.25) is 0 Å². The van der Waals surface area contributed by atoms with E-state index in [2.05, 4.69) is 15.3 Å². The van der Waals surface area contributed by atoms with E-state index < -0.39 is 5.41 Å². The largest absolute Gasteiger partial charge is 0.464 e. The topological polar surface area (TPSA) is 81.2 Å². The molecule has 1 heterocycles. The number of hydrogen-bond donors (Lipinski definition) is 1. The van der Waals surface area contributed by atoms with Crippen molar-refractivity contribution in [3.63, 3.8) is 0 Å². The quantitative estimate of drug-likeness (QED) is 0.846. The summed E-state index contributed by atoms with van der Waals surface area (Å²) >= 11 is 0. The average molecular weight is 325 g/mol. The molecule has 6 heteroatoms. The Morgan fingerprint density at radius 1 is 1.42 bits per heavy atom. The number of aromatic nitrogens is 2. The van der Waals surface area contributed by atoms with E-state index in [1.807, 2.05) is 31.2 Å². The van der Waals surface area contributed by atoms with Crippen LogP contribution in [0.3, 0.4) is 0 Å². The highest BCUT2D eigenvalue weighted by atomic mass is 16.5. The average Bonchev–Trinajstić information content (AvgIpc) is 3.01. The predicted molar refractivity (Wildman–Crippen MR) is 88.2 cm³/mol. The van der Waals surface area contributed by atoms with E-state index in [1.54, 1.807) is 7.05 Å². The zero-order chi connectivity index (χ0) is 17.2. The summed E-state index contributed by atoms with van der Waals surface area (Å²) in [5.74, 6) is -0.321. The smallest absolute Gasteiger partial charge is 0.316 e. The Morgan fingerprint density at radius 3 is 2.92 bits per heavy atom. The van der Waals surface area contributed by atoms with Crippen molar-refractivity contribution in [1.29, 1.82) is 0 Å². The Hall–Kier alpha value is -2.76. The van der Waals surface area contributed by atoms with E-state index in [9.17, 15) is 9.59 Å². The standard InChI is InChI=1S/C18H19N3O3/c1-3-24-17-20-10-13(16(23)19-2)15(21-17)18(11-22)9-8-12-6-4-5-7-14(12)18/h4-7,10-11H,3,8-9H2,1-2H3,(H,19,23). The summed E-state index contributed by atoms with van der Waals surface area (Å²) in [5.41, 5.74) is 1.74. The second kappa shape index (κ2) is 6.39. The number of carbonyl (C=O) groups is 2. The van der Waals surface area contributed by atoms with Gasteiger partial charge in [0.05, 0.1) is 23.3 Å². The molecular weight excluding hydrogens is 306 g/mol. The SMILES string of the molecule is CCOc1ncc(C(=O)NC)c(C2(C=O)CCc3ccccc32)n1. The molecule has 2 aromatic rings. The zero-order valence-corrected chi connectivity index (χ0v) is 13.7. The lowest BCUT2D eigenvalue weighted by molar-refractivity contribution is -0.111. The molecular formula is C18H19N3O3. The van der Waals surface area contributed by atoms with E-state index in [0.717, 1.165) is 23.8 Å². The fourth-order valence-electron chi connectivity index (χ4n) is 3.27. The van der Waals surface area contributed by atoms with Gasteiger partial charge in [0.15, 0.2) is 0 Å². The first-order valence-corrected chi connectivity index (χ1v) is 7.93. The zero-order valence-electron chi connectivity index (χ0n) is 13.7. The van der Waals surface area contributed by atoms with Crippen molar-refractivity contribution in [1.82, 2.24) is 15.3 Å². The highest BCUT2D eigenvalue weighted by molar-refractivity contribution is 5.97. The van der Waals surface area contributed by atoms with Gasteiger partial charge in [0.25, 0.3) is 5.91 Å². The maximum Gasteiger partial charge on any atom is 0.316 e. The van der Waals surface area contributed by atoms with Crippen LogP contribution in [0, 0.1) is 0 Å². The van der Waals surface area contributed by atoms with Gasteiger partial charge in [-0.1, -0.05) is 24.3 Å². The number of hydrogen-bond acceptors (Lipinski definition) is 5. The Bertz CT molecular complexity index is 791. The third-order valence-electron chi connectivity index (χ3n) is 4.42. The lowest BCUT2D eigenvalue weighted by atomic mass is 9.78. The van der Waals surface area contributed by atoms with Gasteiger partial charge in [-0.2, -0.15) is 4.98 Å². The number of fused-ring (bicyclic) bond motifs is 1. The highest BCUT2D eigenvalue weighted by Crippen LogP contribution is 2.43. The summed E-state index contributed by atoms with van der Waals surface area (Å²) in [6.45, 7) is 2.24. The number of benzene rings is 1. The van der Waals surface area contributed by atoms with Crippen molar-refractivity contribution in [2.24, 2.45) is 0 Å². The first kappa shape index (κ1) is 16.1. The van der Waals surface area contributed by atoms with Crippen LogP contribution in [-0.2, 0) is 16.6 Å². The maximum atomic E-state index is 12.3. The molecule has 1 aliphatic carbocycles. The molecule has 0 saturated heterocycles. The van der Waals surface area contributed by atoms with Crippen molar-refractivity contribution < 1.29 is 14.3 Å². The minimum Gasteiger partial charge on any atom is -0.464 e. The molecule has 1 aromatic carbocycles. The van der Waals surface area contributed by atoms with Gasteiger partial charge in [-0.05, 0) is 30.9 Å². The number of aldehydes is 1. The van der Waals surface area contributed by atoms with Crippen molar-refractivity contribution in [2.45, 2.75) is 25.2 Å². The van der Waals surface area contributed by atoms with Gasteiger partial charge >= 0.3 is 6.01 Å². The van der Waals surface area contributed by atoms with Gasteiger partial charge in [0, 0.05) is 13.2 Å².